The number of para-hydroxylation sites is 1. The van der Waals surface area contributed by atoms with Gasteiger partial charge in [-0.2, -0.15) is 0 Å². The van der Waals surface area contributed by atoms with Gasteiger partial charge in [-0.3, -0.25) is 24.1 Å². The van der Waals surface area contributed by atoms with Gasteiger partial charge >= 0.3 is 0 Å². The maximum absolute atomic E-state index is 16.1. The zero-order valence-corrected chi connectivity index (χ0v) is 40.2. The number of nitrogens with one attached hydrogen (secondary N) is 4. The summed E-state index contributed by atoms with van der Waals surface area (Å²) in [6.07, 6.45) is 2.10. The number of aromatic nitrogens is 2. The van der Waals surface area contributed by atoms with E-state index in [-0.39, 0.29) is 56.4 Å². The van der Waals surface area contributed by atoms with Gasteiger partial charge in [-0.05, 0) is 86.1 Å². The Hall–Kier alpha value is -5.88. The first-order valence-corrected chi connectivity index (χ1v) is 23.7. The average Bonchev–Trinajstić information content (AvgIpc) is 4.00. The molecule has 1 saturated heterocycles. The van der Waals surface area contributed by atoms with Crippen molar-refractivity contribution in [3.8, 4) is 10.4 Å². The molecule has 0 spiro atoms. The lowest BCUT2D eigenvalue weighted by molar-refractivity contribution is -0.144. The molecule has 17 heteroatoms. The second kappa shape index (κ2) is 20.8. The molecule has 2 aliphatic heterocycles. The smallest absolute Gasteiger partial charge is 0.246 e. The highest BCUT2D eigenvalue weighted by atomic mass is 32.1. The minimum atomic E-state index is -1.64. The van der Waals surface area contributed by atoms with Crippen LogP contribution in [0.3, 0.4) is 0 Å². The fourth-order valence-corrected chi connectivity index (χ4v) is 9.90. The first-order valence-electron chi connectivity index (χ1n) is 22.8. The van der Waals surface area contributed by atoms with Crippen LogP contribution in [0.4, 0.5) is 13.2 Å². The lowest BCUT2D eigenvalue weighted by Gasteiger charge is -2.43. The molecular weight excluding hydrogens is 896 g/mol. The van der Waals surface area contributed by atoms with Crippen LogP contribution in [0.25, 0.3) is 27.4 Å². The minimum Gasteiger partial charge on any atom is -0.391 e. The van der Waals surface area contributed by atoms with Gasteiger partial charge in [0, 0.05) is 66.9 Å². The minimum absolute atomic E-state index is 0.00835. The van der Waals surface area contributed by atoms with E-state index in [0.717, 1.165) is 56.4 Å². The standard InChI is InChI=1S/C51H60F3N7O6S/c1-29-20-36-35-10-8-9-11-39(35)58-44(36)45(61(29)27-51(6,7)54)43-37(52)21-32(22-38(43)53)14-17-41(63)55-18-19-67-26-42(64)59-47(50(3,4)5)49(66)60-25-34(62)23-40(60)48(65)56-24-31-12-15-33(16-13-31)46-30(2)57-28-68-46/h8-17,21-22,28-29,34,40,45,47,58,62H,18-20,23-27H2,1-7H3,(H,55,63)(H,56,65)(H,59,64)/b17-14+/t29-,34-,40+,45-,47?/m1/s1. The number of aliphatic hydroxyl groups is 1. The number of carbonyl (C=O) groups excluding carboxylic acids is 4. The Labute approximate surface area is 398 Å². The number of alkyl halides is 1. The highest BCUT2D eigenvalue weighted by Gasteiger charge is 2.45. The summed E-state index contributed by atoms with van der Waals surface area (Å²) in [5.41, 5.74) is 4.46. The lowest BCUT2D eigenvalue weighted by Crippen LogP contribution is -2.58. The summed E-state index contributed by atoms with van der Waals surface area (Å²) in [4.78, 5) is 65.1. The fourth-order valence-electron chi connectivity index (χ4n) is 9.09. The molecule has 0 saturated carbocycles. The first kappa shape index (κ1) is 50.0. The highest BCUT2D eigenvalue weighted by Crippen LogP contribution is 2.43. The number of aryl methyl sites for hydroxylation is 1. The SMILES string of the molecule is Cc1ncsc1-c1ccc(CNC(=O)[C@@H]2C[C@@H](O)CN2C(=O)C(NC(=O)COCCNC(=O)/C=C/c2cc(F)c([C@@H]3c4[nH]c5ccccc5c4C[C@@H](C)N3CC(C)(C)F)c(F)c2)C(C)(C)C)cc1. The van der Waals surface area contributed by atoms with Crippen LogP contribution in [-0.4, -0.2) is 111 Å². The van der Waals surface area contributed by atoms with Crippen LogP contribution in [0.2, 0.25) is 0 Å². The number of H-pyrrole nitrogens is 1. The molecule has 5 aromatic rings. The lowest BCUT2D eigenvalue weighted by atomic mass is 9.85. The molecule has 3 aromatic carbocycles. The number of likely N-dealkylation sites (tertiary alicyclic amines) is 1. The number of benzene rings is 3. The predicted octanol–water partition coefficient (Wildman–Crippen LogP) is 6.92. The summed E-state index contributed by atoms with van der Waals surface area (Å²) >= 11 is 1.55. The van der Waals surface area contributed by atoms with Crippen molar-refractivity contribution in [1.29, 1.82) is 0 Å². The van der Waals surface area contributed by atoms with E-state index >= 15 is 13.2 Å². The molecule has 0 aliphatic carbocycles. The van der Waals surface area contributed by atoms with Crippen LogP contribution < -0.4 is 16.0 Å². The van der Waals surface area contributed by atoms with Crippen molar-refractivity contribution in [1.82, 2.24) is 35.7 Å². The summed E-state index contributed by atoms with van der Waals surface area (Å²) < 4.78 is 52.9. The Morgan fingerprint density at radius 3 is 2.40 bits per heavy atom. The molecule has 1 fully saturated rings. The number of aromatic amines is 1. The van der Waals surface area contributed by atoms with Gasteiger partial charge in [-0.1, -0.05) is 63.2 Å². The van der Waals surface area contributed by atoms with E-state index in [4.69, 9.17) is 4.74 Å². The van der Waals surface area contributed by atoms with Gasteiger partial charge in [0.2, 0.25) is 23.6 Å². The molecule has 2 aromatic heterocycles. The van der Waals surface area contributed by atoms with Gasteiger partial charge in [-0.25, -0.2) is 18.2 Å². The van der Waals surface area contributed by atoms with Crippen molar-refractivity contribution in [2.24, 2.45) is 5.41 Å². The number of rotatable bonds is 16. The molecule has 0 bridgehead atoms. The van der Waals surface area contributed by atoms with E-state index in [9.17, 15) is 24.3 Å². The van der Waals surface area contributed by atoms with E-state index in [1.165, 1.54) is 24.8 Å². The van der Waals surface area contributed by atoms with Crippen molar-refractivity contribution >= 4 is 51.9 Å². The van der Waals surface area contributed by atoms with Crippen molar-refractivity contribution in [3.63, 3.8) is 0 Å². The van der Waals surface area contributed by atoms with Crippen molar-refractivity contribution in [2.75, 3.05) is 32.8 Å². The summed E-state index contributed by atoms with van der Waals surface area (Å²) in [7, 11) is 0. The van der Waals surface area contributed by atoms with E-state index in [1.54, 1.807) is 42.5 Å². The molecule has 13 nitrogen and oxygen atoms in total. The molecule has 362 valence electrons. The zero-order chi connectivity index (χ0) is 49.1. The van der Waals surface area contributed by atoms with Gasteiger partial charge < -0.3 is 35.7 Å². The molecule has 7 rings (SSSR count). The largest absolute Gasteiger partial charge is 0.391 e. The van der Waals surface area contributed by atoms with Crippen molar-refractivity contribution in [3.05, 3.63) is 118 Å². The van der Waals surface area contributed by atoms with E-state index in [0.29, 0.717) is 12.1 Å². The van der Waals surface area contributed by atoms with Crippen LogP contribution in [0, 0.1) is 24.0 Å². The van der Waals surface area contributed by atoms with Crippen LogP contribution in [0.1, 0.15) is 87.6 Å². The summed E-state index contributed by atoms with van der Waals surface area (Å²) in [6.45, 7) is 11.6. The average molecular weight is 956 g/mol. The van der Waals surface area contributed by atoms with Gasteiger partial charge in [0.25, 0.3) is 0 Å². The Morgan fingerprint density at radius 1 is 1.03 bits per heavy atom. The summed E-state index contributed by atoms with van der Waals surface area (Å²) in [5.74, 6) is -3.79. The van der Waals surface area contributed by atoms with Crippen molar-refractivity contribution < 1.29 is 42.2 Å². The zero-order valence-electron chi connectivity index (χ0n) is 39.4. The summed E-state index contributed by atoms with van der Waals surface area (Å²) in [5, 5.41) is 19.7. The molecule has 0 radical (unpaired) electrons. The number of thiazole rings is 1. The van der Waals surface area contributed by atoms with E-state index < -0.39 is 77.2 Å². The number of hydrogen-bond acceptors (Lipinski definition) is 9. The number of β-amino-alcohol motifs (C(OH)–C–C–N with tert-alkyl or cyclic N) is 1. The predicted molar refractivity (Wildman–Crippen MR) is 256 cm³/mol. The van der Waals surface area contributed by atoms with Gasteiger partial charge in [-0.15, -0.1) is 11.3 Å². The normalized spacial score (nSPS) is 19.3. The molecule has 4 amide bonds. The Kier molecular flexibility index (Phi) is 15.3. The molecule has 5 N–H and O–H groups in total. The van der Waals surface area contributed by atoms with Crippen LogP contribution in [0.5, 0.6) is 0 Å². The third-order valence-electron chi connectivity index (χ3n) is 12.4. The monoisotopic (exact) mass is 955 g/mol. The fraction of sp³-hybridized carbons (Fsp3) is 0.431. The number of halogens is 3. The van der Waals surface area contributed by atoms with E-state index in [2.05, 4.69) is 25.9 Å². The van der Waals surface area contributed by atoms with Crippen LogP contribution in [0.15, 0.2) is 72.3 Å². The molecule has 4 heterocycles. The maximum atomic E-state index is 16.1. The van der Waals surface area contributed by atoms with Gasteiger partial charge in [0.05, 0.1) is 34.8 Å². The first-order chi connectivity index (χ1) is 32.2. The molecule has 5 atom stereocenters. The number of fused-ring (bicyclic) bond motifs is 3. The maximum Gasteiger partial charge on any atom is 0.246 e. The van der Waals surface area contributed by atoms with Crippen LogP contribution in [-0.2, 0) is 36.9 Å². The van der Waals surface area contributed by atoms with Gasteiger partial charge in [0.15, 0.2) is 0 Å². The third-order valence-corrected chi connectivity index (χ3v) is 13.3. The topological polar surface area (TPSA) is 169 Å². The third kappa shape index (κ3) is 11.7. The number of hydrogen-bond donors (Lipinski definition) is 5. The molecule has 68 heavy (non-hydrogen) atoms. The molecular formula is C51H60F3N7O6S. The molecule has 2 aliphatic rings. The Balaban J connectivity index is 0.900. The Morgan fingerprint density at radius 2 is 1.74 bits per heavy atom. The quantitative estimate of drug-likeness (QED) is 0.0525. The van der Waals surface area contributed by atoms with E-state index in [1.807, 2.05) is 62.4 Å². The number of amides is 4. The van der Waals surface area contributed by atoms with Crippen molar-refractivity contribution in [2.45, 2.75) is 104 Å². The highest BCUT2D eigenvalue weighted by molar-refractivity contribution is 7.13. The second-order valence-corrected chi connectivity index (χ2v) is 20.3. The number of ether oxygens (including phenoxy) is 1. The number of carbonyl (C=O) groups is 4. The van der Waals surface area contributed by atoms with Gasteiger partial charge in [0.1, 0.15) is 36.0 Å². The number of aliphatic hydroxyl groups excluding tert-OH is 1. The second-order valence-electron chi connectivity index (χ2n) is 19.4. The molecule has 1 unspecified atom stereocenters. The van der Waals surface area contributed by atoms with Crippen LogP contribution >= 0.6 is 11.3 Å². The number of nitrogens with zero attached hydrogens (tertiary/aromatic N) is 3. The summed E-state index contributed by atoms with van der Waals surface area (Å²) in [6, 6.07) is 14.5. The Bertz CT molecular complexity index is 2650.